The summed E-state index contributed by atoms with van der Waals surface area (Å²) in [6.45, 7) is 7.24. The second-order valence-electron chi connectivity index (χ2n) is 8.46. The number of hydrogen-bond donors (Lipinski definition) is 1. The maximum absolute atomic E-state index is 13.5. The summed E-state index contributed by atoms with van der Waals surface area (Å²) in [5.74, 6) is 0.719. The summed E-state index contributed by atoms with van der Waals surface area (Å²) >= 11 is 0. The fraction of sp³-hybridized carbons (Fsp3) is 0.652. The topological polar surface area (TPSA) is 69.6 Å². The van der Waals surface area contributed by atoms with E-state index in [0.717, 1.165) is 50.5 Å². The fourth-order valence-corrected chi connectivity index (χ4v) is 4.67. The SMILES string of the molecule is CN=C(NCC(c1ccc(F)cc1)N1CCOCC1)N1CCN(C(=O)C2CCCO2)CC1.I. The van der Waals surface area contributed by atoms with Crippen LogP contribution in [0.4, 0.5) is 4.39 Å². The van der Waals surface area contributed by atoms with Gasteiger partial charge in [0, 0.05) is 59.5 Å². The number of halogens is 2. The smallest absolute Gasteiger partial charge is 0.251 e. The molecule has 4 rings (SSSR count). The molecule has 2 unspecified atom stereocenters. The predicted octanol–water partition coefficient (Wildman–Crippen LogP) is 1.72. The van der Waals surface area contributed by atoms with Crippen molar-refractivity contribution in [3.63, 3.8) is 0 Å². The maximum atomic E-state index is 13.5. The Labute approximate surface area is 212 Å². The second kappa shape index (κ2) is 12.8. The highest BCUT2D eigenvalue weighted by Crippen LogP contribution is 2.22. The largest absolute Gasteiger partial charge is 0.379 e. The lowest BCUT2D eigenvalue weighted by molar-refractivity contribution is -0.142. The first-order valence-electron chi connectivity index (χ1n) is 11.6. The van der Waals surface area contributed by atoms with E-state index in [0.29, 0.717) is 39.5 Å². The Morgan fingerprint density at radius 3 is 2.36 bits per heavy atom. The third kappa shape index (κ3) is 6.77. The molecule has 3 fully saturated rings. The summed E-state index contributed by atoms with van der Waals surface area (Å²) in [5, 5.41) is 3.52. The summed E-state index contributed by atoms with van der Waals surface area (Å²) in [7, 11) is 1.79. The van der Waals surface area contributed by atoms with Crippen molar-refractivity contribution in [2.75, 3.05) is 72.7 Å². The zero-order valence-corrected chi connectivity index (χ0v) is 21.6. The van der Waals surface area contributed by atoms with Crippen LogP contribution in [0.25, 0.3) is 0 Å². The minimum absolute atomic E-state index is 0. The van der Waals surface area contributed by atoms with Gasteiger partial charge in [0.25, 0.3) is 5.91 Å². The lowest BCUT2D eigenvalue weighted by atomic mass is 10.0. The van der Waals surface area contributed by atoms with Gasteiger partial charge >= 0.3 is 0 Å². The Morgan fingerprint density at radius 1 is 1.09 bits per heavy atom. The molecule has 2 atom stereocenters. The summed E-state index contributed by atoms with van der Waals surface area (Å²) < 4.78 is 24.6. The van der Waals surface area contributed by atoms with Gasteiger partial charge in [-0.3, -0.25) is 14.7 Å². The molecule has 1 N–H and O–H groups in total. The molecule has 0 bridgehead atoms. The number of nitrogens with one attached hydrogen (secondary N) is 1. The van der Waals surface area contributed by atoms with E-state index in [4.69, 9.17) is 9.47 Å². The average Bonchev–Trinajstić information content (AvgIpc) is 3.38. The average molecular weight is 575 g/mol. The van der Waals surface area contributed by atoms with Gasteiger partial charge < -0.3 is 24.6 Å². The lowest BCUT2D eigenvalue weighted by Crippen LogP contribution is -2.56. The molecule has 3 saturated heterocycles. The van der Waals surface area contributed by atoms with Crippen LogP contribution in [0.5, 0.6) is 0 Å². The number of aliphatic imine (C=N–C) groups is 1. The molecule has 3 heterocycles. The van der Waals surface area contributed by atoms with Crippen LogP contribution in [-0.4, -0.2) is 105 Å². The molecule has 8 nitrogen and oxygen atoms in total. The van der Waals surface area contributed by atoms with Crippen molar-refractivity contribution < 1.29 is 18.7 Å². The summed E-state index contributed by atoms with van der Waals surface area (Å²) in [6.07, 6.45) is 1.53. The summed E-state index contributed by atoms with van der Waals surface area (Å²) in [4.78, 5) is 23.6. The van der Waals surface area contributed by atoms with Gasteiger partial charge in [-0.2, -0.15) is 0 Å². The van der Waals surface area contributed by atoms with Crippen LogP contribution < -0.4 is 5.32 Å². The number of amides is 1. The second-order valence-corrected chi connectivity index (χ2v) is 8.46. The summed E-state index contributed by atoms with van der Waals surface area (Å²) in [6, 6.07) is 6.84. The van der Waals surface area contributed by atoms with E-state index < -0.39 is 0 Å². The zero-order valence-electron chi connectivity index (χ0n) is 19.2. The van der Waals surface area contributed by atoms with Crippen molar-refractivity contribution in [3.05, 3.63) is 35.6 Å². The molecular formula is C23H35FIN5O3. The molecule has 0 radical (unpaired) electrons. The molecule has 3 aliphatic heterocycles. The van der Waals surface area contributed by atoms with Crippen molar-refractivity contribution in [2.24, 2.45) is 4.99 Å². The molecule has 1 aromatic carbocycles. The molecule has 1 aromatic rings. The van der Waals surface area contributed by atoms with Crippen LogP contribution in [0.3, 0.4) is 0 Å². The molecule has 0 aromatic heterocycles. The van der Waals surface area contributed by atoms with Gasteiger partial charge in [0.2, 0.25) is 0 Å². The van der Waals surface area contributed by atoms with E-state index >= 15 is 0 Å². The first kappa shape index (κ1) is 26.1. The molecule has 1 amide bonds. The van der Waals surface area contributed by atoms with Crippen LogP contribution in [0.2, 0.25) is 0 Å². The number of hydrogen-bond acceptors (Lipinski definition) is 5. The molecule has 10 heteroatoms. The number of benzene rings is 1. The van der Waals surface area contributed by atoms with E-state index in [-0.39, 0.29) is 47.8 Å². The Balaban J connectivity index is 0.00000306. The lowest BCUT2D eigenvalue weighted by Gasteiger charge is -2.39. The van der Waals surface area contributed by atoms with E-state index in [1.807, 2.05) is 17.0 Å². The highest BCUT2D eigenvalue weighted by Gasteiger charge is 2.31. The quantitative estimate of drug-likeness (QED) is 0.328. The van der Waals surface area contributed by atoms with Crippen LogP contribution in [0, 0.1) is 5.82 Å². The number of carbonyl (C=O) groups excluding carboxylic acids is 1. The first-order chi connectivity index (χ1) is 15.7. The van der Waals surface area contributed by atoms with Crippen molar-refractivity contribution in [1.82, 2.24) is 20.0 Å². The molecule has 33 heavy (non-hydrogen) atoms. The minimum Gasteiger partial charge on any atom is -0.379 e. The van der Waals surface area contributed by atoms with Crippen LogP contribution in [0.15, 0.2) is 29.3 Å². The van der Waals surface area contributed by atoms with Crippen molar-refractivity contribution >= 4 is 35.8 Å². The number of carbonyl (C=O) groups is 1. The molecule has 0 aliphatic carbocycles. The molecular weight excluding hydrogens is 540 g/mol. The normalized spacial score (nSPS) is 23.2. The number of nitrogens with zero attached hydrogens (tertiary/aromatic N) is 4. The van der Waals surface area contributed by atoms with Gasteiger partial charge in [0.15, 0.2) is 5.96 Å². The highest BCUT2D eigenvalue weighted by molar-refractivity contribution is 14.0. The number of rotatable bonds is 5. The van der Waals surface area contributed by atoms with E-state index in [9.17, 15) is 9.18 Å². The number of piperazine rings is 1. The van der Waals surface area contributed by atoms with Gasteiger partial charge in [0.1, 0.15) is 11.9 Å². The van der Waals surface area contributed by atoms with Gasteiger partial charge in [-0.1, -0.05) is 12.1 Å². The van der Waals surface area contributed by atoms with Crippen molar-refractivity contribution in [2.45, 2.75) is 25.0 Å². The van der Waals surface area contributed by atoms with Crippen molar-refractivity contribution in [1.29, 1.82) is 0 Å². The zero-order chi connectivity index (χ0) is 22.3. The van der Waals surface area contributed by atoms with Crippen molar-refractivity contribution in [3.8, 4) is 0 Å². The maximum Gasteiger partial charge on any atom is 0.251 e. The Hall–Kier alpha value is -1.50. The van der Waals surface area contributed by atoms with Gasteiger partial charge in [-0.15, -0.1) is 24.0 Å². The fourth-order valence-electron chi connectivity index (χ4n) is 4.67. The third-order valence-electron chi connectivity index (χ3n) is 6.50. The monoisotopic (exact) mass is 575 g/mol. The molecule has 184 valence electrons. The van der Waals surface area contributed by atoms with Gasteiger partial charge in [-0.05, 0) is 30.5 Å². The molecule has 0 spiro atoms. The number of guanidine groups is 1. The van der Waals surface area contributed by atoms with E-state index in [1.54, 1.807) is 7.05 Å². The number of morpholine rings is 1. The first-order valence-corrected chi connectivity index (χ1v) is 11.6. The van der Waals surface area contributed by atoms with E-state index in [1.165, 1.54) is 12.1 Å². The minimum atomic E-state index is -0.260. The Kier molecular flexibility index (Phi) is 10.1. The number of ether oxygens (including phenoxy) is 2. The van der Waals surface area contributed by atoms with Crippen LogP contribution >= 0.6 is 24.0 Å². The Morgan fingerprint density at radius 2 is 1.76 bits per heavy atom. The highest BCUT2D eigenvalue weighted by atomic mass is 127. The van der Waals surface area contributed by atoms with Gasteiger partial charge in [-0.25, -0.2) is 4.39 Å². The Bertz CT molecular complexity index is 777. The predicted molar refractivity (Wildman–Crippen MR) is 135 cm³/mol. The summed E-state index contributed by atoms with van der Waals surface area (Å²) in [5.41, 5.74) is 1.07. The van der Waals surface area contributed by atoms with E-state index in [2.05, 4.69) is 20.1 Å². The van der Waals surface area contributed by atoms with Crippen LogP contribution in [-0.2, 0) is 14.3 Å². The molecule has 0 saturated carbocycles. The standard InChI is InChI=1S/C23H34FN5O3.HI/c1-25-23(29-10-8-28(9-11-29)22(30)21-3-2-14-32-21)26-17-20(27-12-15-31-16-13-27)18-4-6-19(24)7-5-18;/h4-7,20-21H,2-3,8-17H2,1H3,(H,25,26);1H. The molecule has 3 aliphatic rings. The third-order valence-corrected chi connectivity index (χ3v) is 6.50. The van der Waals surface area contributed by atoms with Crippen LogP contribution in [0.1, 0.15) is 24.4 Å². The van der Waals surface area contributed by atoms with Gasteiger partial charge in [0.05, 0.1) is 19.3 Å².